The van der Waals surface area contributed by atoms with Crippen molar-refractivity contribution < 1.29 is 22.2 Å². The number of aryl methyl sites for hydroxylation is 2. The summed E-state index contributed by atoms with van der Waals surface area (Å²) >= 11 is 0. The summed E-state index contributed by atoms with van der Waals surface area (Å²) in [6, 6.07) is 6.62. The second kappa shape index (κ2) is 5.54. The largest absolute Gasteiger partial charge is 0.451 e. The number of carbonyl (C=O) groups excluding carboxylic acids is 1. The molecule has 0 fully saturated rings. The second-order valence-corrected chi connectivity index (χ2v) is 6.99. The summed E-state index contributed by atoms with van der Waals surface area (Å²) in [6.07, 6.45) is 1.26. The number of sulfonamides is 1. The maximum Gasteiger partial charge on any atom is 0.300 e. The van der Waals surface area contributed by atoms with Crippen LogP contribution in [0.1, 0.15) is 27.4 Å². The zero-order chi connectivity index (χ0) is 16.6. The molecule has 2 heterocycles. The van der Waals surface area contributed by atoms with Gasteiger partial charge in [-0.05, 0) is 43.2 Å². The van der Waals surface area contributed by atoms with E-state index in [1.54, 1.807) is 0 Å². The number of amides is 1. The van der Waals surface area contributed by atoms with E-state index >= 15 is 0 Å². The molecule has 0 spiro atoms. The Bertz CT molecular complexity index is 932. The molecule has 7 nitrogen and oxygen atoms in total. The standard InChI is InChI=1S/C15H14N2O5S/c1-9-5-11-7-14(22-13(11)6-10(9)2)15(18)17-23(19,20)8-12-3-4-21-16-12/h3-7H,8H2,1-2H3,(H,17,18). The zero-order valence-electron chi connectivity index (χ0n) is 12.5. The van der Waals surface area contributed by atoms with Gasteiger partial charge in [0.15, 0.2) is 5.76 Å². The van der Waals surface area contributed by atoms with Crippen LogP contribution < -0.4 is 4.72 Å². The van der Waals surface area contributed by atoms with Crippen molar-refractivity contribution in [1.82, 2.24) is 9.88 Å². The Hall–Kier alpha value is -2.61. The highest BCUT2D eigenvalue weighted by molar-refractivity contribution is 7.89. The van der Waals surface area contributed by atoms with Crippen LogP contribution >= 0.6 is 0 Å². The Balaban J connectivity index is 1.83. The van der Waals surface area contributed by atoms with E-state index in [4.69, 9.17) is 4.42 Å². The van der Waals surface area contributed by atoms with Gasteiger partial charge < -0.3 is 8.94 Å². The van der Waals surface area contributed by atoms with Crippen LogP contribution in [0.3, 0.4) is 0 Å². The van der Waals surface area contributed by atoms with Gasteiger partial charge in [-0.1, -0.05) is 5.16 Å². The quantitative estimate of drug-likeness (QED) is 0.785. The molecule has 1 amide bonds. The molecule has 0 unspecified atom stereocenters. The van der Waals surface area contributed by atoms with E-state index in [1.165, 1.54) is 18.4 Å². The molecule has 0 saturated heterocycles. The summed E-state index contributed by atoms with van der Waals surface area (Å²) in [6.45, 7) is 3.88. The first-order valence-electron chi connectivity index (χ1n) is 6.79. The van der Waals surface area contributed by atoms with Crippen LogP contribution in [0.15, 0.2) is 39.5 Å². The molecule has 0 atom stereocenters. The Morgan fingerprint density at radius 2 is 1.96 bits per heavy atom. The number of nitrogens with one attached hydrogen (secondary N) is 1. The van der Waals surface area contributed by atoms with Crippen molar-refractivity contribution in [2.45, 2.75) is 19.6 Å². The van der Waals surface area contributed by atoms with Gasteiger partial charge in [-0.2, -0.15) is 0 Å². The molecule has 0 aliphatic carbocycles. The van der Waals surface area contributed by atoms with Crippen LogP contribution in [0.5, 0.6) is 0 Å². The summed E-state index contributed by atoms with van der Waals surface area (Å²) in [5, 5.41) is 4.25. The topological polar surface area (TPSA) is 102 Å². The van der Waals surface area contributed by atoms with Gasteiger partial charge in [0, 0.05) is 11.5 Å². The van der Waals surface area contributed by atoms with Crippen LogP contribution in [-0.4, -0.2) is 19.5 Å². The third-order valence-electron chi connectivity index (χ3n) is 3.43. The number of nitrogens with zero attached hydrogens (tertiary/aromatic N) is 1. The third-order valence-corrected chi connectivity index (χ3v) is 4.61. The highest BCUT2D eigenvalue weighted by atomic mass is 32.2. The number of furan rings is 1. The lowest BCUT2D eigenvalue weighted by atomic mass is 10.1. The Labute approximate surface area is 132 Å². The number of benzene rings is 1. The normalized spacial score (nSPS) is 11.7. The molecule has 3 aromatic rings. The van der Waals surface area contributed by atoms with Gasteiger partial charge in [-0.15, -0.1) is 0 Å². The average Bonchev–Trinajstić information content (AvgIpc) is 3.07. The first-order chi connectivity index (χ1) is 10.8. The van der Waals surface area contributed by atoms with Gasteiger partial charge in [0.2, 0.25) is 10.0 Å². The summed E-state index contributed by atoms with van der Waals surface area (Å²) in [4.78, 5) is 12.1. The number of carbonyl (C=O) groups is 1. The van der Waals surface area contributed by atoms with Gasteiger partial charge in [0.25, 0.3) is 5.91 Å². The fraction of sp³-hybridized carbons (Fsp3) is 0.200. The molecule has 8 heteroatoms. The van der Waals surface area contributed by atoms with Crippen LogP contribution in [-0.2, 0) is 15.8 Å². The van der Waals surface area contributed by atoms with Crippen LogP contribution in [0.25, 0.3) is 11.0 Å². The van der Waals surface area contributed by atoms with E-state index in [2.05, 4.69) is 9.68 Å². The Kier molecular flexibility index (Phi) is 3.69. The molecule has 0 radical (unpaired) electrons. The molecule has 3 rings (SSSR count). The Morgan fingerprint density at radius 1 is 1.22 bits per heavy atom. The summed E-state index contributed by atoms with van der Waals surface area (Å²) in [5.74, 6) is -1.33. The molecule has 1 aromatic carbocycles. The van der Waals surface area contributed by atoms with Crippen molar-refractivity contribution in [2.24, 2.45) is 0 Å². The molecule has 0 bridgehead atoms. The molecule has 23 heavy (non-hydrogen) atoms. The van der Waals surface area contributed by atoms with Gasteiger partial charge >= 0.3 is 0 Å². The lowest BCUT2D eigenvalue weighted by Crippen LogP contribution is -2.31. The van der Waals surface area contributed by atoms with E-state index in [-0.39, 0.29) is 11.5 Å². The first-order valence-corrected chi connectivity index (χ1v) is 8.44. The maximum atomic E-state index is 12.1. The van der Waals surface area contributed by atoms with Crippen molar-refractivity contribution in [1.29, 1.82) is 0 Å². The van der Waals surface area contributed by atoms with Crippen molar-refractivity contribution in [2.75, 3.05) is 0 Å². The van der Waals surface area contributed by atoms with Gasteiger partial charge in [0.1, 0.15) is 23.3 Å². The smallest absolute Gasteiger partial charge is 0.300 e. The number of fused-ring (bicyclic) bond motifs is 1. The number of aromatic nitrogens is 1. The SMILES string of the molecule is Cc1cc2cc(C(=O)NS(=O)(=O)Cc3ccon3)oc2cc1C. The first kappa shape index (κ1) is 15.3. The van der Waals surface area contributed by atoms with Crippen molar-refractivity contribution >= 4 is 26.9 Å². The molecule has 0 aliphatic heterocycles. The van der Waals surface area contributed by atoms with Crippen molar-refractivity contribution in [3.05, 3.63) is 53.1 Å². The third kappa shape index (κ3) is 3.26. The molecule has 0 saturated carbocycles. The number of rotatable bonds is 4. The second-order valence-electron chi connectivity index (χ2n) is 5.27. The minimum absolute atomic E-state index is 0.0614. The predicted octanol–water partition coefficient (Wildman–Crippen LogP) is 2.30. The molecular formula is C15H14N2O5S. The average molecular weight is 334 g/mol. The van der Waals surface area contributed by atoms with E-state index in [0.717, 1.165) is 16.5 Å². The molecule has 120 valence electrons. The van der Waals surface area contributed by atoms with E-state index in [0.29, 0.717) is 5.58 Å². The lowest BCUT2D eigenvalue weighted by molar-refractivity contribution is 0.0956. The fourth-order valence-corrected chi connectivity index (χ4v) is 3.14. The van der Waals surface area contributed by atoms with E-state index < -0.39 is 21.7 Å². The van der Waals surface area contributed by atoms with E-state index in [1.807, 2.05) is 30.7 Å². The molecule has 2 aromatic heterocycles. The van der Waals surface area contributed by atoms with Crippen LogP contribution in [0, 0.1) is 13.8 Å². The molecular weight excluding hydrogens is 320 g/mol. The lowest BCUT2D eigenvalue weighted by Gasteiger charge is -2.02. The summed E-state index contributed by atoms with van der Waals surface area (Å²) in [7, 11) is -3.89. The fourth-order valence-electron chi connectivity index (χ4n) is 2.15. The predicted molar refractivity (Wildman–Crippen MR) is 82.3 cm³/mol. The number of hydrogen-bond acceptors (Lipinski definition) is 6. The zero-order valence-corrected chi connectivity index (χ0v) is 13.3. The number of hydrogen-bond donors (Lipinski definition) is 1. The van der Waals surface area contributed by atoms with Crippen molar-refractivity contribution in [3.63, 3.8) is 0 Å². The molecule has 0 aliphatic rings. The Morgan fingerprint density at radius 3 is 2.65 bits per heavy atom. The van der Waals surface area contributed by atoms with E-state index in [9.17, 15) is 13.2 Å². The monoisotopic (exact) mass is 334 g/mol. The van der Waals surface area contributed by atoms with Gasteiger partial charge in [0.05, 0.1) is 0 Å². The summed E-state index contributed by atoms with van der Waals surface area (Å²) < 4.78 is 35.9. The van der Waals surface area contributed by atoms with Crippen LogP contribution in [0.2, 0.25) is 0 Å². The van der Waals surface area contributed by atoms with Crippen LogP contribution in [0.4, 0.5) is 0 Å². The van der Waals surface area contributed by atoms with Crippen molar-refractivity contribution in [3.8, 4) is 0 Å². The maximum absolute atomic E-state index is 12.1. The van der Waals surface area contributed by atoms with Gasteiger partial charge in [-0.25, -0.2) is 13.1 Å². The molecule has 1 N–H and O–H groups in total. The highest BCUT2D eigenvalue weighted by Crippen LogP contribution is 2.23. The summed E-state index contributed by atoms with van der Waals surface area (Å²) in [5.41, 5.74) is 2.83. The minimum Gasteiger partial charge on any atom is -0.451 e. The highest BCUT2D eigenvalue weighted by Gasteiger charge is 2.21. The minimum atomic E-state index is -3.89. The van der Waals surface area contributed by atoms with Gasteiger partial charge in [-0.3, -0.25) is 4.79 Å².